The van der Waals surface area contributed by atoms with E-state index >= 15 is 0 Å². The predicted octanol–water partition coefficient (Wildman–Crippen LogP) is 10.9. The van der Waals surface area contributed by atoms with Gasteiger partial charge in [-0.05, 0) is 88.0 Å². The van der Waals surface area contributed by atoms with Crippen LogP contribution in [0.3, 0.4) is 0 Å². The summed E-state index contributed by atoms with van der Waals surface area (Å²) in [4.78, 5) is 4.84. The molecular weight excluding hydrogens is 621 g/mol. The second-order valence-corrected chi connectivity index (χ2v) is 13.6. The average Bonchev–Trinajstić information content (AvgIpc) is 3.82. The number of nitrogens with zero attached hydrogens (tertiary/aromatic N) is 3. The molecule has 0 unspecified atom stereocenters. The molecule has 4 heteroatoms. The Balaban J connectivity index is 1.24. The van der Waals surface area contributed by atoms with Gasteiger partial charge in [-0.3, -0.25) is 4.98 Å². The van der Waals surface area contributed by atoms with Crippen molar-refractivity contribution < 1.29 is 0 Å². The minimum atomic E-state index is -0.562. The highest BCUT2D eigenvalue weighted by molar-refractivity contribution is 6.07. The topological polar surface area (TPSA) is 34.8 Å². The molecule has 0 atom stereocenters. The Labute approximate surface area is 295 Å². The predicted molar refractivity (Wildman–Crippen MR) is 210 cm³/mol. The molecule has 6 aromatic carbocycles. The van der Waals surface area contributed by atoms with E-state index in [4.69, 9.17) is 4.98 Å². The molecule has 2 aliphatic rings. The number of aromatic nitrogens is 3. The van der Waals surface area contributed by atoms with Crippen molar-refractivity contribution in [1.82, 2.24) is 14.1 Å². The van der Waals surface area contributed by atoms with E-state index < -0.39 is 5.41 Å². The number of rotatable bonds is 4. The Bertz CT molecular complexity index is 2760. The quantitative estimate of drug-likeness (QED) is 0.205. The molecule has 9 aromatic rings. The van der Waals surface area contributed by atoms with Crippen LogP contribution >= 0.6 is 0 Å². The standard InChI is InChI=1S/C47H32N4/c1-3-13-31(14-4-1)47(32-15-5-2-6-16-32)39-29-33(50-41-19-9-7-17-37(41)45-43(50)21-11-27-48-45)23-25-35(39)36-26-24-34(30-40(36)47)51-42-20-10-8-18-38(42)46-44(51)22-12-28-49-46/h1-27,29-30,49H,28H2. The summed E-state index contributed by atoms with van der Waals surface area (Å²) in [7, 11) is 0. The van der Waals surface area contributed by atoms with E-state index in [1.165, 1.54) is 55.7 Å². The molecule has 0 saturated carbocycles. The zero-order valence-electron chi connectivity index (χ0n) is 27.8. The maximum atomic E-state index is 4.84. The third kappa shape index (κ3) is 3.82. The van der Waals surface area contributed by atoms with Crippen molar-refractivity contribution in [3.05, 3.63) is 198 Å². The Morgan fingerprint density at radius 1 is 0.529 bits per heavy atom. The fourth-order valence-corrected chi connectivity index (χ4v) is 9.02. The summed E-state index contributed by atoms with van der Waals surface area (Å²) in [5, 5.41) is 6.06. The smallest absolute Gasteiger partial charge is 0.0963 e. The van der Waals surface area contributed by atoms with E-state index in [0.29, 0.717) is 0 Å². The van der Waals surface area contributed by atoms with Crippen LogP contribution in [-0.2, 0) is 5.41 Å². The van der Waals surface area contributed by atoms with Crippen LogP contribution in [0.15, 0.2) is 170 Å². The van der Waals surface area contributed by atoms with E-state index in [1.807, 2.05) is 12.3 Å². The van der Waals surface area contributed by atoms with Crippen LogP contribution in [0, 0.1) is 0 Å². The number of anilines is 1. The number of pyridine rings is 1. The maximum absolute atomic E-state index is 4.84. The van der Waals surface area contributed by atoms with Crippen LogP contribution in [0.4, 0.5) is 5.69 Å². The minimum Gasteiger partial charge on any atom is -0.379 e. The summed E-state index contributed by atoms with van der Waals surface area (Å²) in [6.45, 7) is 0.829. The SMILES string of the molecule is C1=Cc2c(c3ccccc3n2-c2ccc3c(c2)C(c2ccccc2)(c2ccccc2)c2cc(-n4c5ccccc5c5ncccc54)ccc2-3)NC1. The first kappa shape index (κ1) is 28.2. The van der Waals surface area contributed by atoms with Gasteiger partial charge in [0.15, 0.2) is 0 Å². The average molecular weight is 653 g/mol. The molecule has 11 rings (SSSR count). The van der Waals surface area contributed by atoms with Crippen LogP contribution in [0.25, 0.3) is 61.4 Å². The third-order valence-electron chi connectivity index (χ3n) is 11.0. The first-order valence-corrected chi connectivity index (χ1v) is 17.6. The first-order chi connectivity index (χ1) is 25.3. The molecule has 1 aliphatic carbocycles. The Morgan fingerprint density at radius 3 is 1.78 bits per heavy atom. The summed E-state index contributed by atoms with van der Waals surface area (Å²) in [6, 6.07) is 57.9. The van der Waals surface area contributed by atoms with Gasteiger partial charge < -0.3 is 14.5 Å². The number of hydrogen-bond donors (Lipinski definition) is 1. The Hall–Kier alpha value is -6.65. The lowest BCUT2D eigenvalue weighted by Gasteiger charge is -2.34. The van der Waals surface area contributed by atoms with Crippen LogP contribution in [0.5, 0.6) is 0 Å². The molecular formula is C47H32N4. The van der Waals surface area contributed by atoms with Gasteiger partial charge in [0.05, 0.1) is 38.9 Å². The van der Waals surface area contributed by atoms with Crippen molar-refractivity contribution in [1.29, 1.82) is 0 Å². The van der Waals surface area contributed by atoms with Gasteiger partial charge >= 0.3 is 0 Å². The van der Waals surface area contributed by atoms with Crippen LogP contribution in [0.1, 0.15) is 27.9 Å². The molecule has 3 aromatic heterocycles. The highest BCUT2D eigenvalue weighted by Gasteiger charge is 2.46. The van der Waals surface area contributed by atoms with E-state index in [0.717, 1.165) is 39.9 Å². The largest absolute Gasteiger partial charge is 0.379 e. The summed E-state index contributed by atoms with van der Waals surface area (Å²) >= 11 is 0. The molecule has 1 N–H and O–H groups in total. The summed E-state index contributed by atoms with van der Waals surface area (Å²) in [5.41, 5.74) is 16.1. The molecule has 0 radical (unpaired) electrons. The molecule has 0 spiro atoms. The van der Waals surface area contributed by atoms with Gasteiger partial charge in [-0.15, -0.1) is 0 Å². The molecule has 0 saturated heterocycles. The van der Waals surface area contributed by atoms with Gasteiger partial charge in [-0.1, -0.05) is 115 Å². The molecule has 0 amide bonds. The number of nitrogens with one attached hydrogen (secondary N) is 1. The molecule has 1 aliphatic heterocycles. The zero-order valence-corrected chi connectivity index (χ0v) is 27.8. The lowest BCUT2D eigenvalue weighted by Crippen LogP contribution is -2.28. The summed E-state index contributed by atoms with van der Waals surface area (Å²) < 4.78 is 4.80. The molecule has 0 bridgehead atoms. The van der Waals surface area contributed by atoms with Gasteiger partial charge in [-0.25, -0.2) is 0 Å². The lowest BCUT2D eigenvalue weighted by molar-refractivity contribution is 0.766. The zero-order chi connectivity index (χ0) is 33.5. The number of benzene rings is 6. The monoisotopic (exact) mass is 652 g/mol. The minimum absolute atomic E-state index is 0.562. The van der Waals surface area contributed by atoms with Crippen molar-refractivity contribution in [2.24, 2.45) is 0 Å². The highest BCUT2D eigenvalue weighted by atomic mass is 15.0. The van der Waals surface area contributed by atoms with Gasteiger partial charge in [0.2, 0.25) is 0 Å². The number of fused-ring (bicyclic) bond motifs is 9. The van der Waals surface area contributed by atoms with Gasteiger partial charge in [0, 0.05) is 34.9 Å². The molecule has 51 heavy (non-hydrogen) atoms. The van der Waals surface area contributed by atoms with Crippen LogP contribution in [-0.4, -0.2) is 20.7 Å². The Kier molecular flexibility index (Phi) is 5.90. The second kappa shape index (κ2) is 10.7. The van der Waals surface area contributed by atoms with E-state index in [-0.39, 0.29) is 0 Å². The number of para-hydroxylation sites is 2. The van der Waals surface area contributed by atoms with Crippen molar-refractivity contribution in [3.63, 3.8) is 0 Å². The number of hydrogen-bond acceptors (Lipinski definition) is 2. The fraction of sp³-hybridized carbons (Fsp3) is 0.0426. The van der Waals surface area contributed by atoms with E-state index in [9.17, 15) is 0 Å². The van der Waals surface area contributed by atoms with Crippen molar-refractivity contribution >= 4 is 44.6 Å². The maximum Gasteiger partial charge on any atom is 0.0963 e. The van der Waals surface area contributed by atoms with Crippen molar-refractivity contribution in [3.8, 4) is 22.5 Å². The fourth-order valence-electron chi connectivity index (χ4n) is 9.02. The first-order valence-electron chi connectivity index (χ1n) is 17.6. The van der Waals surface area contributed by atoms with Crippen LogP contribution < -0.4 is 5.32 Å². The van der Waals surface area contributed by atoms with Gasteiger partial charge in [0.1, 0.15) is 0 Å². The van der Waals surface area contributed by atoms with Crippen LogP contribution in [0.2, 0.25) is 0 Å². The third-order valence-corrected chi connectivity index (χ3v) is 11.0. The Morgan fingerprint density at radius 2 is 1.10 bits per heavy atom. The molecule has 0 fully saturated rings. The second-order valence-electron chi connectivity index (χ2n) is 13.6. The van der Waals surface area contributed by atoms with Gasteiger partial charge in [-0.2, -0.15) is 0 Å². The summed E-state index contributed by atoms with van der Waals surface area (Å²) in [5.74, 6) is 0. The molecule has 240 valence electrons. The highest BCUT2D eigenvalue weighted by Crippen LogP contribution is 2.57. The van der Waals surface area contributed by atoms with E-state index in [2.05, 4.69) is 178 Å². The van der Waals surface area contributed by atoms with Gasteiger partial charge in [0.25, 0.3) is 0 Å². The normalized spacial score (nSPS) is 14.0. The van der Waals surface area contributed by atoms with Crippen molar-refractivity contribution in [2.75, 3.05) is 11.9 Å². The lowest BCUT2D eigenvalue weighted by atomic mass is 9.67. The molecule has 4 heterocycles. The summed E-state index contributed by atoms with van der Waals surface area (Å²) in [6.07, 6.45) is 6.37. The van der Waals surface area contributed by atoms with Crippen molar-refractivity contribution in [2.45, 2.75) is 5.41 Å². The van der Waals surface area contributed by atoms with E-state index in [1.54, 1.807) is 0 Å². The molecule has 4 nitrogen and oxygen atoms in total.